The highest BCUT2D eigenvalue weighted by Crippen LogP contribution is 2.30. The smallest absolute Gasteiger partial charge is 0.288 e. The van der Waals surface area contributed by atoms with Gasteiger partial charge in [-0.1, -0.05) is 29.8 Å². The lowest BCUT2D eigenvalue weighted by Gasteiger charge is -2.05. The van der Waals surface area contributed by atoms with Gasteiger partial charge in [0.05, 0.1) is 18.6 Å². The van der Waals surface area contributed by atoms with E-state index in [1.807, 2.05) is 18.2 Å². The molecule has 90 valence electrons. The fourth-order valence-corrected chi connectivity index (χ4v) is 2.25. The normalized spacial score (nSPS) is 11.0. The lowest BCUT2D eigenvalue weighted by molar-refractivity contribution is 0.310. The predicted octanol–water partition coefficient (Wildman–Crippen LogP) is 3.61. The average Bonchev–Trinajstić information content (AvgIpc) is 2.39. The molecule has 0 aliphatic heterocycles. The third-order valence-corrected chi connectivity index (χ3v) is 3.21. The second kappa shape index (κ2) is 4.03. The molecule has 3 nitrogen and oxygen atoms in total. The first-order chi connectivity index (χ1) is 8.70. The number of benzene rings is 2. The number of methoxy groups -OCH3 is 1. The monoisotopic (exact) mass is 260 g/mol. The Labute approximate surface area is 108 Å². The van der Waals surface area contributed by atoms with Crippen molar-refractivity contribution in [2.75, 3.05) is 7.11 Å². The summed E-state index contributed by atoms with van der Waals surface area (Å²) in [6, 6.07) is 10.4. The zero-order valence-electron chi connectivity index (χ0n) is 9.57. The Kier molecular flexibility index (Phi) is 2.49. The second-order valence-electron chi connectivity index (χ2n) is 3.91. The third-order valence-electron chi connectivity index (χ3n) is 2.88. The van der Waals surface area contributed by atoms with Crippen LogP contribution >= 0.6 is 11.6 Å². The molecule has 0 aliphatic rings. The Bertz CT molecular complexity index is 805. The third kappa shape index (κ3) is 1.56. The molecule has 1 aromatic heterocycles. The molecule has 0 N–H and O–H groups in total. The van der Waals surface area contributed by atoms with Crippen molar-refractivity contribution in [3.63, 3.8) is 0 Å². The van der Waals surface area contributed by atoms with E-state index in [1.165, 1.54) is 13.2 Å². The fraction of sp³-hybridized carbons (Fsp3) is 0.0714. The molecule has 0 saturated carbocycles. The summed E-state index contributed by atoms with van der Waals surface area (Å²) in [4.78, 5) is 11.9. The SMILES string of the molecule is COc1cc(=O)c2ccc3c(Cl)cccc3c2o1. The van der Waals surface area contributed by atoms with Crippen molar-refractivity contribution in [1.82, 2.24) is 0 Å². The molecule has 0 aliphatic carbocycles. The Morgan fingerprint density at radius 1 is 1.11 bits per heavy atom. The molecule has 1 heterocycles. The number of rotatable bonds is 1. The Morgan fingerprint density at radius 3 is 2.67 bits per heavy atom. The lowest BCUT2D eigenvalue weighted by atomic mass is 10.1. The molecule has 18 heavy (non-hydrogen) atoms. The summed E-state index contributed by atoms with van der Waals surface area (Å²) in [6.07, 6.45) is 0. The largest absolute Gasteiger partial charge is 0.468 e. The molecule has 0 spiro atoms. The van der Waals surface area contributed by atoms with Crippen LogP contribution in [0.1, 0.15) is 0 Å². The summed E-state index contributed by atoms with van der Waals surface area (Å²) in [7, 11) is 1.46. The highest BCUT2D eigenvalue weighted by molar-refractivity contribution is 6.36. The van der Waals surface area contributed by atoms with Gasteiger partial charge in [0.25, 0.3) is 5.95 Å². The Balaban J connectivity index is 2.57. The van der Waals surface area contributed by atoms with E-state index in [9.17, 15) is 4.79 Å². The summed E-state index contributed by atoms with van der Waals surface area (Å²) in [5.41, 5.74) is 0.370. The first kappa shape index (κ1) is 11.1. The first-order valence-electron chi connectivity index (χ1n) is 5.40. The highest BCUT2D eigenvalue weighted by atomic mass is 35.5. The van der Waals surface area contributed by atoms with Gasteiger partial charge in [0.15, 0.2) is 5.43 Å². The van der Waals surface area contributed by atoms with Gasteiger partial charge in [0.1, 0.15) is 5.58 Å². The molecule has 0 amide bonds. The van der Waals surface area contributed by atoms with E-state index in [0.717, 1.165) is 10.8 Å². The van der Waals surface area contributed by atoms with Crippen molar-refractivity contribution in [3.05, 3.63) is 51.6 Å². The van der Waals surface area contributed by atoms with Crippen LogP contribution in [0.25, 0.3) is 21.7 Å². The topological polar surface area (TPSA) is 39.4 Å². The van der Waals surface area contributed by atoms with Gasteiger partial charge in [-0.2, -0.15) is 0 Å². The van der Waals surface area contributed by atoms with E-state index < -0.39 is 0 Å². The van der Waals surface area contributed by atoms with Crippen LogP contribution in [0.15, 0.2) is 45.6 Å². The molecule has 0 fully saturated rings. The first-order valence-corrected chi connectivity index (χ1v) is 5.77. The van der Waals surface area contributed by atoms with E-state index in [4.69, 9.17) is 20.8 Å². The predicted molar refractivity (Wildman–Crippen MR) is 71.6 cm³/mol. The van der Waals surface area contributed by atoms with Crippen molar-refractivity contribution in [3.8, 4) is 5.95 Å². The standard InChI is InChI=1S/C14H9ClO3/c1-17-13-7-12(16)10-6-5-8-9(14(10)18-13)3-2-4-11(8)15/h2-7H,1H3. The summed E-state index contributed by atoms with van der Waals surface area (Å²) in [5, 5.41) is 2.80. The molecule has 2 aromatic carbocycles. The Morgan fingerprint density at radius 2 is 1.89 bits per heavy atom. The van der Waals surface area contributed by atoms with E-state index >= 15 is 0 Å². The second-order valence-corrected chi connectivity index (χ2v) is 4.32. The molecule has 0 bridgehead atoms. The molecule has 0 radical (unpaired) electrons. The molecule has 0 atom stereocenters. The van der Waals surface area contributed by atoms with E-state index in [-0.39, 0.29) is 11.4 Å². The molecule has 0 saturated heterocycles. The number of hydrogen-bond donors (Lipinski definition) is 0. The summed E-state index contributed by atoms with van der Waals surface area (Å²) >= 11 is 6.12. The minimum Gasteiger partial charge on any atom is -0.468 e. The molecule has 3 aromatic rings. The maximum Gasteiger partial charge on any atom is 0.288 e. The van der Waals surface area contributed by atoms with Crippen LogP contribution in [0.3, 0.4) is 0 Å². The van der Waals surface area contributed by atoms with Crippen LogP contribution < -0.4 is 10.2 Å². The fourth-order valence-electron chi connectivity index (χ4n) is 2.01. The minimum absolute atomic E-state index is 0.130. The van der Waals surface area contributed by atoms with Gasteiger partial charge in [0.2, 0.25) is 0 Å². The van der Waals surface area contributed by atoms with Crippen LogP contribution in [0, 0.1) is 0 Å². The number of ether oxygens (including phenoxy) is 1. The van der Waals surface area contributed by atoms with E-state index in [0.29, 0.717) is 16.0 Å². The van der Waals surface area contributed by atoms with Crippen LogP contribution in [0.4, 0.5) is 0 Å². The van der Waals surface area contributed by atoms with Crippen molar-refractivity contribution in [2.45, 2.75) is 0 Å². The zero-order chi connectivity index (χ0) is 12.7. The summed E-state index contributed by atoms with van der Waals surface area (Å²) in [5.74, 6) is 0.194. The average molecular weight is 261 g/mol. The van der Waals surface area contributed by atoms with E-state index in [2.05, 4.69) is 0 Å². The molecular weight excluding hydrogens is 252 g/mol. The van der Waals surface area contributed by atoms with Crippen LogP contribution in [-0.2, 0) is 0 Å². The molecular formula is C14H9ClO3. The summed E-state index contributed by atoms with van der Waals surface area (Å²) in [6.45, 7) is 0. The lowest BCUT2D eigenvalue weighted by Crippen LogP contribution is -2.00. The summed E-state index contributed by atoms with van der Waals surface area (Å²) < 4.78 is 10.6. The van der Waals surface area contributed by atoms with Crippen molar-refractivity contribution in [1.29, 1.82) is 0 Å². The van der Waals surface area contributed by atoms with Gasteiger partial charge in [-0.15, -0.1) is 0 Å². The number of halogens is 1. The van der Waals surface area contributed by atoms with Crippen molar-refractivity contribution < 1.29 is 9.15 Å². The maximum atomic E-state index is 11.9. The quantitative estimate of drug-likeness (QED) is 0.628. The van der Waals surface area contributed by atoms with Gasteiger partial charge >= 0.3 is 0 Å². The van der Waals surface area contributed by atoms with Gasteiger partial charge in [-0.25, -0.2) is 0 Å². The number of fused-ring (bicyclic) bond motifs is 3. The van der Waals surface area contributed by atoms with Crippen LogP contribution in [0.2, 0.25) is 5.02 Å². The molecule has 3 rings (SSSR count). The van der Waals surface area contributed by atoms with Gasteiger partial charge in [0, 0.05) is 15.8 Å². The highest BCUT2D eigenvalue weighted by Gasteiger charge is 2.09. The van der Waals surface area contributed by atoms with Crippen molar-refractivity contribution >= 4 is 33.3 Å². The van der Waals surface area contributed by atoms with Gasteiger partial charge < -0.3 is 9.15 Å². The minimum atomic E-state index is -0.130. The van der Waals surface area contributed by atoms with Crippen LogP contribution in [0.5, 0.6) is 5.95 Å². The molecule has 4 heteroatoms. The zero-order valence-corrected chi connectivity index (χ0v) is 10.3. The van der Waals surface area contributed by atoms with Crippen molar-refractivity contribution in [2.24, 2.45) is 0 Å². The van der Waals surface area contributed by atoms with Crippen LogP contribution in [-0.4, -0.2) is 7.11 Å². The maximum absolute atomic E-state index is 11.9. The Hall–Kier alpha value is -2.00. The van der Waals surface area contributed by atoms with E-state index in [1.54, 1.807) is 12.1 Å². The number of hydrogen-bond acceptors (Lipinski definition) is 3. The van der Waals surface area contributed by atoms with Gasteiger partial charge in [-0.3, -0.25) is 4.79 Å². The van der Waals surface area contributed by atoms with Gasteiger partial charge in [-0.05, 0) is 12.1 Å². The molecule has 0 unspecified atom stereocenters.